The largest absolute Gasteiger partial charge is 0.336 e. The van der Waals surface area contributed by atoms with Crippen LogP contribution < -0.4 is 11.2 Å². The second-order valence-electron chi connectivity index (χ2n) is 5.10. The average molecular weight is 354 g/mol. The first-order valence-electron chi connectivity index (χ1n) is 7.44. The fourth-order valence-corrected chi connectivity index (χ4v) is 2.87. The van der Waals surface area contributed by atoms with Gasteiger partial charge in [0.15, 0.2) is 5.82 Å². The fraction of sp³-hybridized carbons (Fsp3) is 0.400. The molecule has 23 heavy (non-hydrogen) atoms. The summed E-state index contributed by atoms with van der Waals surface area (Å²) < 4.78 is 1.46. The zero-order valence-corrected chi connectivity index (χ0v) is 14.7. The van der Waals surface area contributed by atoms with Crippen LogP contribution in [0.2, 0.25) is 5.02 Å². The third-order valence-electron chi connectivity index (χ3n) is 3.27. The number of nitrogens with two attached hydrogens (primary N) is 1. The number of aryl methyl sites for hydroxylation is 1. The van der Waals surface area contributed by atoms with E-state index in [4.69, 9.17) is 17.4 Å². The summed E-state index contributed by atoms with van der Waals surface area (Å²) in [6.45, 7) is 3.89. The number of nitrogens with one attached hydrogen (secondary N) is 1. The highest BCUT2D eigenvalue weighted by atomic mass is 35.5. The van der Waals surface area contributed by atoms with Crippen molar-refractivity contribution in [2.75, 3.05) is 11.2 Å². The van der Waals surface area contributed by atoms with E-state index in [0.717, 1.165) is 25.1 Å². The molecule has 1 heterocycles. The molecule has 0 radical (unpaired) electrons. The predicted octanol–water partition coefficient (Wildman–Crippen LogP) is 3.11. The van der Waals surface area contributed by atoms with Crippen molar-refractivity contribution in [3.63, 3.8) is 0 Å². The maximum atomic E-state index is 12.3. The Bertz CT molecular complexity index is 676. The maximum absolute atomic E-state index is 12.3. The Morgan fingerprint density at radius 3 is 2.87 bits per heavy atom. The average Bonchev–Trinajstić information content (AvgIpc) is 2.88. The third kappa shape index (κ3) is 4.62. The van der Waals surface area contributed by atoms with E-state index < -0.39 is 0 Å². The summed E-state index contributed by atoms with van der Waals surface area (Å²) in [5.41, 5.74) is 0.587. The Hall–Kier alpha value is -1.73. The molecule has 0 aliphatic carbocycles. The highest BCUT2D eigenvalue weighted by Gasteiger charge is 2.19. The molecule has 0 bridgehead atoms. The van der Waals surface area contributed by atoms with Crippen LogP contribution in [0.25, 0.3) is 0 Å². The van der Waals surface area contributed by atoms with Crippen molar-refractivity contribution in [1.82, 2.24) is 14.9 Å². The monoisotopic (exact) mass is 353 g/mol. The van der Waals surface area contributed by atoms with Crippen LogP contribution in [-0.4, -0.2) is 26.0 Å². The Balaban J connectivity index is 1.98. The molecule has 1 atom stereocenters. The SMILES string of the molecule is CCCCc1nnc(S[C@H](C)C(=O)Nc2ccccc2Cl)n1N. The highest BCUT2D eigenvalue weighted by Crippen LogP contribution is 2.25. The lowest BCUT2D eigenvalue weighted by atomic mass is 10.2. The summed E-state index contributed by atoms with van der Waals surface area (Å²) in [6.07, 6.45) is 2.84. The van der Waals surface area contributed by atoms with Crippen molar-refractivity contribution in [2.24, 2.45) is 0 Å². The van der Waals surface area contributed by atoms with Crippen LogP contribution in [0, 0.1) is 0 Å². The topological polar surface area (TPSA) is 85.8 Å². The number of carbonyl (C=O) groups excluding carboxylic acids is 1. The molecule has 0 spiro atoms. The van der Waals surface area contributed by atoms with Crippen LogP contribution in [0.5, 0.6) is 0 Å². The normalized spacial score (nSPS) is 12.1. The zero-order chi connectivity index (χ0) is 16.8. The summed E-state index contributed by atoms with van der Waals surface area (Å²) in [6, 6.07) is 7.11. The molecule has 0 aliphatic rings. The van der Waals surface area contributed by atoms with Gasteiger partial charge in [0.25, 0.3) is 0 Å². The molecule has 8 heteroatoms. The van der Waals surface area contributed by atoms with E-state index in [2.05, 4.69) is 22.4 Å². The summed E-state index contributed by atoms with van der Waals surface area (Å²) in [7, 11) is 0. The standard InChI is InChI=1S/C15H20ClN5OS/c1-3-4-9-13-19-20-15(21(13)17)23-10(2)14(22)18-12-8-6-5-7-11(12)16/h5-8,10H,3-4,9,17H2,1-2H3,(H,18,22)/t10-/m1/s1. The lowest BCUT2D eigenvalue weighted by Gasteiger charge is -2.12. The van der Waals surface area contributed by atoms with E-state index in [1.165, 1.54) is 16.4 Å². The number of halogens is 1. The van der Waals surface area contributed by atoms with Crippen molar-refractivity contribution in [3.8, 4) is 0 Å². The van der Waals surface area contributed by atoms with Crippen molar-refractivity contribution >= 4 is 35.0 Å². The van der Waals surface area contributed by atoms with Gasteiger partial charge in [-0.15, -0.1) is 10.2 Å². The first-order chi connectivity index (χ1) is 11.0. The van der Waals surface area contributed by atoms with Crippen molar-refractivity contribution in [2.45, 2.75) is 43.5 Å². The van der Waals surface area contributed by atoms with E-state index in [0.29, 0.717) is 15.9 Å². The summed E-state index contributed by atoms with van der Waals surface area (Å²) >= 11 is 7.31. The number of hydrogen-bond donors (Lipinski definition) is 2. The van der Waals surface area contributed by atoms with Crippen LogP contribution in [-0.2, 0) is 11.2 Å². The maximum Gasteiger partial charge on any atom is 0.237 e. The number of carbonyl (C=O) groups is 1. The summed E-state index contributed by atoms with van der Waals surface area (Å²) in [5.74, 6) is 6.55. The molecule has 124 valence electrons. The quantitative estimate of drug-likeness (QED) is 0.590. The highest BCUT2D eigenvalue weighted by molar-refractivity contribution is 8.00. The molecule has 6 nitrogen and oxygen atoms in total. The Labute approximate surface area is 144 Å². The van der Waals surface area contributed by atoms with Gasteiger partial charge in [-0.1, -0.05) is 48.8 Å². The van der Waals surface area contributed by atoms with Gasteiger partial charge < -0.3 is 11.2 Å². The van der Waals surface area contributed by atoms with E-state index in [1.54, 1.807) is 19.1 Å². The molecule has 0 aliphatic heterocycles. The number of rotatable bonds is 7. The molecule has 0 unspecified atom stereocenters. The second-order valence-corrected chi connectivity index (χ2v) is 6.82. The second kappa shape index (κ2) is 8.21. The van der Waals surface area contributed by atoms with Crippen molar-refractivity contribution in [1.29, 1.82) is 0 Å². The fourth-order valence-electron chi connectivity index (χ4n) is 1.90. The lowest BCUT2D eigenvalue weighted by molar-refractivity contribution is -0.115. The Kier molecular flexibility index (Phi) is 6.29. The van der Waals surface area contributed by atoms with Crippen LogP contribution in [0.15, 0.2) is 29.4 Å². The molecule has 3 N–H and O–H groups in total. The first kappa shape index (κ1) is 17.6. The number of nitrogens with zero attached hydrogens (tertiary/aromatic N) is 3. The van der Waals surface area contributed by atoms with Gasteiger partial charge in [-0.25, -0.2) is 4.68 Å². The smallest absolute Gasteiger partial charge is 0.237 e. The molecule has 1 amide bonds. The number of benzene rings is 1. The number of amides is 1. The van der Waals surface area contributed by atoms with Gasteiger partial charge in [0, 0.05) is 6.42 Å². The van der Waals surface area contributed by atoms with Crippen LogP contribution in [0.1, 0.15) is 32.5 Å². The van der Waals surface area contributed by atoms with Crippen LogP contribution >= 0.6 is 23.4 Å². The van der Waals surface area contributed by atoms with Gasteiger partial charge in [0.1, 0.15) is 0 Å². The third-order valence-corrected chi connectivity index (χ3v) is 4.66. The van der Waals surface area contributed by atoms with E-state index >= 15 is 0 Å². The van der Waals surface area contributed by atoms with Gasteiger partial charge >= 0.3 is 0 Å². The van der Waals surface area contributed by atoms with E-state index in [9.17, 15) is 4.79 Å². The van der Waals surface area contributed by atoms with E-state index in [-0.39, 0.29) is 11.2 Å². The minimum absolute atomic E-state index is 0.166. The molecule has 0 saturated carbocycles. The molecular formula is C15H20ClN5OS. The zero-order valence-electron chi connectivity index (χ0n) is 13.1. The van der Waals surface area contributed by atoms with Gasteiger partial charge in [-0.3, -0.25) is 4.79 Å². The number of anilines is 1. The minimum atomic E-state index is -0.378. The Morgan fingerprint density at radius 1 is 1.43 bits per heavy atom. The molecule has 2 aromatic rings. The van der Waals surface area contributed by atoms with Gasteiger partial charge in [-0.2, -0.15) is 0 Å². The number of nitrogen functional groups attached to an aromatic ring is 1. The summed E-state index contributed by atoms with van der Waals surface area (Å²) in [4.78, 5) is 12.3. The number of unbranched alkanes of at least 4 members (excludes halogenated alkanes) is 1. The van der Waals surface area contributed by atoms with Crippen molar-refractivity contribution in [3.05, 3.63) is 35.1 Å². The Morgan fingerprint density at radius 2 is 2.17 bits per heavy atom. The molecule has 0 fully saturated rings. The number of para-hydroxylation sites is 1. The van der Waals surface area contributed by atoms with E-state index in [1.807, 2.05) is 12.1 Å². The van der Waals surface area contributed by atoms with Gasteiger partial charge in [-0.05, 0) is 25.5 Å². The van der Waals surface area contributed by atoms with Crippen LogP contribution in [0.4, 0.5) is 5.69 Å². The number of thioether (sulfide) groups is 1. The van der Waals surface area contributed by atoms with Crippen LogP contribution in [0.3, 0.4) is 0 Å². The molecular weight excluding hydrogens is 334 g/mol. The van der Waals surface area contributed by atoms with Gasteiger partial charge in [0.2, 0.25) is 11.1 Å². The molecule has 1 aromatic heterocycles. The number of hydrogen-bond acceptors (Lipinski definition) is 5. The predicted molar refractivity (Wildman–Crippen MR) is 94.2 cm³/mol. The molecule has 0 saturated heterocycles. The molecule has 2 rings (SSSR count). The van der Waals surface area contributed by atoms with Crippen molar-refractivity contribution < 1.29 is 4.79 Å². The molecule has 1 aromatic carbocycles. The summed E-state index contributed by atoms with van der Waals surface area (Å²) in [5, 5.41) is 11.6. The lowest BCUT2D eigenvalue weighted by Crippen LogP contribution is -2.24. The minimum Gasteiger partial charge on any atom is -0.336 e. The first-order valence-corrected chi connectivity index (χ1v) is 8.70. The van der Waals surface area contributed by atoms with Gasteiger partial charge in [0.05, 0.1) is 16.0 Å². The number of aromatic nitrogens is 3.